The lowest BCUT2D eigenvalue weighted by molar-refractivity contribution is -0.138. The molecule has 2 heterocycles. The number of aromatic nitrogens is 2. The average molecular weight is 509 g/mol. The van der Waals surface area contributed by atoms with Gasteiger partial charge in [0, 0.05) is 30.2 Å². The number of imidazole rings is 1. The van der Waals surface area contributed by atoms with E-state index < -0.39 is 17.9 Å². The van der Waals surface area contributed by atoms with Gasteiger partial charge in [-0.25, -0.2) is 14.6 Å². The second-order valence-electron chi connectivity index (χ2n) is 8.78. The van der Waals surface area contributed by atoms with Crippen LogP contribution in [-0.4, -0.2) is 35.6 Å². The topological polar surface area (TPSA) is 117 Å². The highest BCUT2D eigenvalue weighted by atomic mass is 16.5. The number of hydrogen-bond acceptors (Lipinski definition) is 7. The van der Waals surface area contributed by atoms with Crippen LogP contribution in [0.25, 0.3) is 6.08 Å². The third-order valence-corrected chi connectivity index (χ3v) is 6.30. The Labute approximate surface area is 221 Å². The number of benzene rings is 2. The SMILES string of the molecule is COC(=O)C1=C(C)NC(C)=C(C(=O)OC/C=C/c2ccc(Cc3ncc[nH]3)cc2)C1c1ccccc1C#N. The molecule has 1 atom stereocenters. The first-order valence-corrected chi connectivity index (χ1v) is 12.1. The third kappa shape index (κ3) is 5.73. The van der Waals surface area contributed by atoms with E-state index in [0.29, 0.717) is 28.9 Å². The molecule has 0 bridgehead atoms. The minimum absolute atomic E-state index is 0.0344. The maximum Gasteiger partial charge on any atom is 0.337 e. The van der Waals surface area contributed by atoms with Gasteiger partial charge in [-0.2, -0.15) is 5.26 Å². The number of allylic oxidation sites excluding steroid dienone is 2. The molecule has 1 aliphatic heterocycles. The first-order chi connectivity index (χ1) is 18.4. The van der Waals surface area contributed by atoms with E-state index in [9.17, 15) is 14.9 Å². The van der Waals surface area contributed by atoms with Crippen LogP contribution in [0.4, 0.5) is 0 Å². The summed E-state index contributed by atoms with van der Waals surface area (Å²) in [6, 6.07) is 17.1. The van der Waals surface area contributed by atoms with Gasteiger partial charge in [0.25, 0.3) is 0 Å². The number of carbonyl (C=O) groups excluding carboxylic acids is 2. The van der Waals surface area contributed by atoms with Crippen LogP contribution in [0.1, 0.15) is 47.8 Å². The number of dihydropyridines is 1. The first-order valence-electron chi connectivity index (χ1n) is 12.1. The Morgan fingerprint density at radius 3 is 2.42 bits per heavy atom. The summed E-state index contributed by atoms with van der Waals surface area (Å²) in [5.41, 5.74) is 4.62. The number of H-pyrrole nitrogens is 1. The molecular formula is C30H28N4O4. The number of methoxy groups -OCH3 is 1. The zero-order chi connectivity index (χ0) is 27.1. The van der Waals surface area contributed by atoms with E-state index in [1.165, 1.54) is 7.11 Å². The molecule has 0 saturated carbocycles. The second kappa shape index (κ2) is 11.9. The normalized spacial score (nSPS) is 15.3. The number of rotatable bonds is 8. The highest BCUT2D eigenvalue weighted by molar-refractivity contribution is 6.00. The van der Waals surface area contributed by atoms with Gasteiger partial charge >= 0.3 is 11.9 Å². The van der Waals surface area contributed by atoms with Crippen molar-refractivity contribution in [3.8, 4) is 6.07 Å². The smallest absolute Gasteiger partial charge is 0.337 e. The Hall–Kier alpha value is -4.90. The number of nitrogens with one attached hydrogen (secondary N) is 2. The largest absolute Gasteiger partial charge is 0.466 e. The molecule has 0 saturated heterocycles. The van der Waals surface area contributed by atoms with Crippen LogP contribution in [-0.2, 0) is 25.5 Å². The van der Waals surface area contributed by atoms with Crippen molar-refractivity contribution in [3.05, 3.63) is 118 Å². The lowest BCUT2D eigenvalue weighted by Gasteiger charge is -2.30. The molecule has 38 heavy (non-hydrogen) atoms. The van der Waals surface area contributed by atoms with Gasteiger partial charge in [-0.3, -0.25) is 0 Å². The number of esters is 2. The highest BCUT2D eigenvalue weighted by Gasteiger charge is 2.38. The summed E-state index contributed by atoms with van der Waals surface area (Å²) in [5, 5.41) is 12.8. The van der Waals surface area contributed by atoms with Gasteiger partial charge in [0.2, 0.25) is 0 Å². The van der Waals surface area contributed by atoms with Crippen molar-refractivity contribution >= 4 is 18.0 Å². The standard InChI is InChI=1S/C30H28N4O4/c1-19-26(29(35)37-3)28(24-9-5-4-8-23(24)18-31)27(20(2)34-19)30(36)38-16-6-7-21-10-12-22(13-11-21)17-25-32-14-15-33-25/h4-15,28,34H,16-17H2,1-3H3,(H,32,33)/b7-6+. The van der Waals surface area contributed by atoms with Crippen LogP contribution >= 0.6 is 0 Å². The van der Waals surface area contributed by atoms with Gasteiger partial charge in [0.1, 0.15) is 12.4 Å². The zero-order valence-corrected chi connectivity index (χ0v) is 21.4. The Balaban J connectivity index is 1.51. The fourth-order valence-corrected chi connectivity index (χ4v) is 4.53. The van der Waals surface area contributed by atoms with Crippen molar-refractivity contribution < 1.29 is 19.1 Å². The van der Waals surface area contributed by atoms with E-state index in [1.54, 1.807) is 56.6 Å². The Bertz CT molecular complexity index is 1460. The fourth-order valence-electron chi connectivity index (χ4n) is 4.53. The summed E-state index contributed by atoms with van der Waals surface area (Å²) in [7, 11) is 1.29. The van der Waals surface area contributed by atoms with Crippen molar-refractivity contribution in [2.75, 3.05) is 13.7 Å². The average Bonchev–Trinajstić information content (AvgIpc) is 3.44. The maximum absolute atomic E-state index is 13.3. The summed E-state index contributed by atoms with van der Waals surface area (Å²) in [4.78, 5) is 33.4. The van der Waals surface area contributed by atoms with Crippen LogP contribution in [0.3, 0.4) is 0 Å². The van der Waals surface area contributed by atoms with Crippen LogP contribution in [0.2, 0.25) is 0 Å². The van der Waals surface area contributed by atoms with Crippen LogP contribution in [0.15, 0.2) is 89.5 Å². The van der Waals surface area contributed by atoms with Crippen molar-refractivity contribution in [1.29, 1.82) is 5.26 Å². The fraction of sp³-hybridized carbons (Fsp3) is 0.200. The second-order valence-corrected chi connectivity index (χ2v) is 8.78. The molecule has 0 fully saturated rings. The van der Waals surface area contributed by atoms with Gasteiger partial charge < -0.3 is 19.8 Å². The Morgan fingerprint density at radius 2 is 1.76 bits per heavy atom. The maximum atomic E-state index is 13.3. The number of nitrogens with zero attached hydrogens (tertiary/aromatic N) is 2. The molecule has 0 aliphatic carbocycles. The lowest BCUT2D eigenvalue weighted by Crippen LogP contribution is -2.32. The molecule has 1 unspecified atom stereocenters. The summed E-state index contributed by atoms with van der Waals surface area (Å²) < 4.78 is 10.6. The molecule has 192 valence electrons. The van der Waals surface area contributed by atoms with Crippen molar-refractivity contribution in [2.24, 2.45) is 0 Å². The van der Waals surface area contributed by atoms with Crippen LogP contribution in [0.5, 0.6) is 0 Å². The summed E-state index contributed by atoms with van der Waals surface area (Å²) in [6.45, 7) is 3.52. The Kier molecular flexibility index (Phi) is 8.19. The molecule has 8 heteroatoms. The van der Waals surface area contributed by atoms with E-state index >= 15 is 0 Å². The molecule has 2 aromatic carbocycles. The third-order valence-electron chi connectivity index (χ3n) is 6.30. The molecule has 1 aromatic heterocycles. The van der Waals surface area contributed by atoms with Crippen molar-refractivity contribution in [2.45, 2.75) is 26.2 Å². The van der Waals surface area contributed by atoms with E-state index in [0.717, 1.165) is 17.0 Å². The number of ether oxygens (including phenoxy) is 2. The first kappa shape index (κ1) is 26.2. The van der Waals surface area contributed by atoms with E-state index in [4.69, 9.17) is 9.47 Å². The highest BCUT2D eigenvalue weighted by Crippen LogP contribution is 2.40. The molecule has 0 spiro atoms. The molecule has 0 radical (unpaired) electrons. The molecule has 4 rings (SSSR count). The molecule has 2 N–H and O–H groups in total. The lowest BCUT2D eigenvalue weighted by atomic mass is 9.79. The summed E-state index contributed by atoms with van der Waals surface area (Å²) in [5.74, 6) is -1.07. The van der Waals surface area contributed by atoms with E-state index in [1.807, 2.05) is 30.3 Å². The Morgan fingerprint density at radius 1 is 1.05 bits per heavy atom. The molecular weight excluding hydrogens is 480 g/mol. The van der Waals surface area contributed by atoms with Gasteiger partial charge in [-0.05, 0) is 42.7 Å². The summed E-state index contributed by atoms with van der Waals surface area (Å²) in [6.07, 6.45) is 7.87. The molecule has 8 nitrogen and oxygen atoms in total. The van der Waals surface area contributed by atoms with Crippen molar-refractivity contribution in [1.82, 2.24) is 15.3 Å². The molecule has 3 aromatic rings. The van der Waals surface area contributed by atoms with Crippen molar-refractivity contribution in [3.63, 3.8) is 0 Å². The van der Waals surface area contributed by atoms with Gasteiger partial charge in [-0.1, -0.05) is 48.5 Å². The number of carbonyl (C=O) groups is 2. The van der Waals surface area contributed by atoms with Gasteiger partial charge in [0.15, 0.2) is 0 Å². The van der Waals surface area contributed by atoms with E-state index in [2.05, 4.69) is 21.4 Å². The predicted molar refractivity (Wildman–Crippen MR) is 142 cm³/mol. The van der Waals surface area contributed by atoms with Gasteiger partial charge in [0.05, 0.1) is 35.8 Å². The van der Waals surface area contributed by atoms with E-state index in [-0.39, 0.29) is 17.8 Å². The van der Waals surface area contributed by atoms with Crippen LogP contribution < -0.4 is 5.32 Å². The number of nitriles is 1. The minimum Gasteiger partial charge on any atom is -0.466 e. The van der Waals surface area contributed by atoms with Gasteiger partial charge in [-0.15, -0.1) is 0 Å². The molecule has 1 aliphatic rings. The minimum atomic E-state index is -0.808. The summed E-state index contributed by atoms with van der Waals surface area (Å²) >= 11 is 0. The monoisotopic (exact) mass is 508 g/mol. The predicted octanol–water partition coefficient (Wildman–Crippen LogP) is 4.54. The molecule has 0 amide bonds. The van der Waals surface area contributed by atoms with Crippen LogP contribution in [0, 0.1) is 11.3 Å². The quantitative estimate of drug-likeness (QED) is 0.429. The number of aromatic amines is 1. The zero-order valence-electron chi connectivity index (χ0n) is 21.4. The number of hydrogen-bond donors (Lipinski definition) is 2.